The molecule has 5 rings (SSSR count). The van der Waals surface area contributed by atoms with Gasteiger partial charge in [-0.2, -0.15) is 0 Å². The van der Waals surface area contributed by atoms with E-state index in [1.165, 1.54) is 17.7 Å². The molecule has 2 nitrogen and oxygen atoms in total. The number of hydrogen-bond donors (Lipinski definition) is 0. The molecule has 0 aliphatic carbocycles. The number of fused-ring (bicyclic) bond motifs is 1. The molecule has 168 valence electrons. The molecule has 0 saturated heterocycles. The highest BCUT2D eigenvalue weighted by atomic mass is 35.5. The van der Waals surface area contributed by atoms with E-state index < -0.39 is 0 Å². The summed E-state index contributed by atoms with van der Waals surface area (Å²) in [5.41, 5.74) is 6.26. The van der Waals surface area contributed by atoms with Crippen LogP contribution in [0.5, 0.6) is 0 Å². The standard InChI is InChI=1S/C29H21Cl2FN2/c30-25-10-6-23(28(31)15-25)16-33-17-24-19-34(18-20-4-2-1-3-5-20)29-13-9-22(14-27(24)29)21-7-11-26(32)12-8-21/h1-15,17,19H,16,18H2. The predicted octanol–water partition coefficient (Wildman–Crippen LogP) is 8.42. The van der Waals surface area contributed by atoms with Crippen molar-refractivity contribution in [2.24, 2.45) is 4.99 Å². The van der Waals surface area contributed by atoms with E-state index in [1.54, 1.807) is 18.2 Å². The second-order valence-electron chi connectivity index (χ2n) is 8.14. The van der Waals surface area contributed by atoms with Gasteiger partial charge in [0.2, 0.25) is 0 Å². The average molecular weight is 487 g/mol. The molecule has 4 aromatic carbocycles. The molecule has 0 aliphatic rings. The third kappa shape index (κ3) is 4.91. The van der Waals surface area contributed by atoms with Gasteiger partial charge in [-0.15, -0.1) is 0 Å². The van der Waals surface area contributed by atoms with Crippen molar-refractivity contribution in [2.45, 2.75) is 13.1 Å². The molecule has 0 amide bonds. The molecule has 0 radical (unpaired) electrons. The summed E-state index contributed by atoms with van der Waals surface area (Å²) in [5.74, 6) is -0.243. The summed E-state index contributed by atoms with van der Waals surface area (Å²) in [5, 5.41) is 2.30. The zero-order valence-electron chi connectivity index (χ0n) is 18.3. The van der Waals surface area contributed by atoms with Gasteiger partial charge in [0.25, 0.3) is 0 Å². The SMILES string of the molecule is Fc1ccc(-c2ccc3c(c2)c(C=NCc2ccc(Cl)cc2Cl)cn3Cc2ccccc2)cc1. The van der Waals surface area contributed by atoms with Crippen molar-refractivity contribution < 1.29 is 4.39 Å². The fourth-order valence-corrected chi connectivity index (χ4v) is 4.52. The molecule has 0 aliphatic heterocycles. The lowest BCUT2D eigenvalue weighted by Crippen LogP contribution is -1.97. The molecule has 0 atom stereocenters. The summed E-state index contributed by atoms with van der Waals surface area (Å²) in [6.07, 6.45) is 4.02. The first-order valence-corrected chi connectivity index (χ1v) is 11.7. The highest BCUT2D eigenvalue weighted by Gasteiger charge is 2.10. The lowest BCUT2D eigenvalue weighted by atomic mass is 10.0. The van der Waals surface area contributed by atoms with Crippen LogP contribution in [0.15, 0.2) is 102 Å². The maximum Gasteiger partial charge on any atom is 0.123 e. The van der Waals surface area contributed by atoms with Crippen molar-refractivity contribution in [3.05, 3.63) is 130 Å². The zero-order valence-corrected chi connectivity index (χ0v) is 19.8. The zero-order chi connectivity index (χ0) is 23.5. The van der Waals surface area contributed by atoms with E-state index in [9.17, 15) is 4.39 Å². The molecular formula is C29H21Cl2FN2. The van der Waals surface area contributed by atoms with Gasteiger partial charge in [-0.25, -0.2) is 4.39 Å². The van der Waals surface area contributed by atoms with Crippen LogP contribution in [0.4, 0.5) is 4.39 Å². The minimum Gasteiger partial charge on any atom is -0.342 e. The lowest BCUT2D eigenvalue weighted by Gasteiger charge is -2.07. The van der Waals surface area contributed by atoms with Crippen LogP contribution >= 0.6 is 23.2 Å². The van der Waals surface area contributed by atoms with Crippen LogP contribution in [0.1, 0.15) is 16.7 Å². The molecular weight excluding hydrogens is 466 g/mol. The molecule has 0 spiro atoms. The molecule has 0 bridgehead atoms. The number of hydrogen-bond acceptors (Lipinski definition) is 1. The second-order valence-corrected chi connectivity index (χ2v) is 8.99. The smallest absolute Gasteiger partial charge is 0.123 e. The Balaban J connectivity index is 1.53. The molecule has 34 heavy (non-hydrogen) atoms. The minimum atomic E-state index is -0.243. The Morgan fingerprint density at radius 1 is 0.824 bits per heavy atom. The van der Waals surface area contributed by atoms with Crippen molar-refractivity contribution in [3.8, 4) is 11.1 Å². The van der Waals surface area contributed by atoms with E-state index >= 15 is 0 Å². The first-order valence-electron chi connectivity index (χ1n) is 10.9. The number of rotatable bonds is 6. The van der Waals surface area contributed by atoms with E-state index in [-0.39, 0.29) is 5.82 Å². The van der Waals surface area contributed by atoms with Crippen LogP contribution < -0.4 is 0 Å². The van der Waals surface area contributed by atoms with Gasteiger partial charge in [-0.1, -0.05) is 77.8 Å². The molecule has 0 N–H and O–H groups in total. The van der Waals surface area contributed by atoms with Crippen molar-refractivity contribution in [3.63, 3.8) is 0 Å². The van der Waals surface area contributed by atoms with Gasteiger partial charge in [0.1, 0.15) is 5.82 Å². The summed E-state index contributed by atoms with van der Waals surface area (Å²) < 4.78 is 15.7. The van der Waals surface area contributed by atoms with E-state index in [4.69, 9.17) is 23.2 Å². The fraction of sp³-hybridized carbons (Fsp3) is 0.0690. The van der Waals surface area contributed by atoms with Crippen LogP contribution in [0.3, 0.4) is 0 Å². The Morgan fingerprint density at radius 3 is 2.35 bits per heavy atom. The van der Waals surface area contributed by atoms with Gasteiger partial charge < -0.3 is 4.57 Å². The first kappa shape index (κ1) is 22.4. The van der Waals surface area contributed by atoms with Gasteiger partial charge in [0.05, 0.1) is 6.54 Å². The quantitative estimate of drug-likeness (QED) is 0.214. The average Bonchev–Trinajstić information content (AvgIpc) is 3.18. The topological polar surface area (TPSA) is 17.3 Å². The van der Waals surface area contributed by atoms with Crippen molar-refractivity contribution in [1.82, 2.24) is 4.57 Å². The maximum absolute atomic E-state index is 13.4. The van der Waals surface area contributed by atoms with E-state index in [2.05, 4.69) is 46.1 Å². The summed E-state index contributed by atoms with van der Waals surface area (Å²) in [4.78, 5) is 4.67. The minimum absolute atomic E-state index is 0.243. The van der Waals surface area contributed by atoms with Gasteiger partial charge in [-0.3, -0.25) is 4.99 Å². The third-order valence-corrected chi connectivity index (χ3v) is 6.38. The Labute approximate surface area is 207 Å². The summed E-state index contributed by atoms with van der Waals surface area (Å²) in [6.45, 7) is 1.21. The van der Waals surface area contributed by atoms with Crippen molar-refractivity contribution in [1.29, 1.82) is 0 Å². The third-order valence-electron chi connectivity index (χ3n) is 5.79. The molecule has 1 heterocycles. The van der Waals surface area contributed by atoms with Gasteiger partial charge in [0.15, 0.2) is 0 Å². The number of halogens is 3. The van der Waals surface area contributed by atoms with E-state index in [0.29, 0.717) is 16.6 Å². The summed E-state index contributed by atoms with van der Waals surface area (Å²) in [7, 11) is 0. The lowest BCUT2D eigenvalue weighted by molar-refractivity contribution is 0.628. The molecule has 0 unspecified atom stereocenters. The number of benzene rings is 4. The van der Waals surface area contributed by atoms with Gasteiger partial charge in [0, 0.05) is 45.5 Å². The van der Waals surface area contributed by atoms with Gasteiger partial charge >= 0.3 is 0 Å². The Hall–Kier alpha value is -3.40. The van der Waals surface area contributed by atoms with Crippen LogP contribution in [0.25, 0.3) is 22.0 Å². The number of nitrogens with zero attached hydrogens (tertiary/aromatic N) is 2. The summed E-state index contributed by atoms with van der Waals surface area (Å²) >= 11 is 12.3. The normalized spacial score (nSPS) is 11.5. The number of aliphatic imine (C=N–C) groups is 1. The molecule has 1 aromatic heterocycles. The largest absolute Gasteiger partial charge is 0.342 e. The van der Waals surface area contributed by atoms with Gasteiger partial charge in [-0.05, 0) is 58.7 Å². The molecule has 5 heteroatoms. The number of aromatic nitrogens is 1. The Kier molecular flexibility index (Phi) is 6.48. The van der Waals surface area contributed by atoms with Crippen LogP contribution in [-0.2, 0) is 13.1 Å². The fourth-order valence-electron chi connectivity index (χ4n) is 4.05. The van der Waals surface area contributed by atoms with E-state index in [1.807, 2.05) is 36.5 Å². The molecule has 5 aromatic rings. The van der Waals surface area contributed by atoms with Crippen LogP contribution in [-0.4, -0.2) is 10.8 Å². The van der Waals surface area contributed by atoms with Crippen molar-refractivity contribution in [2.75, 3.05) is 0 Å². The maximum atomic E-state index is 13.4. The molecule has 0 saturated carbocycles. The highest BCUT2D eigenvalue weighted by molar-refractivity contribution is 6.35. The van der Waals surface area contributed by atoms with E-state index in [0.717, 1.165) is 39.7 Å². The Bertz CT molecular complexity index is 1470. The van der Waals surface area contributed by atoms with Crippen LogP contribution in [0, 0.1) is 5.82 Å². The Morgan fingerprint density at radius 2 is 1.59 bits per heavy atom. The highest BCUT2D eigenvalue weighted by Crippen LogP contribution is 2.29. The molecule has 0 fully saturated rings. The summed E-state index contributed by atoms with van der Waals surface area (Å²) in [6, 6.07) is 28.7. The predicted molar refractivity (Wildman–Crippen MR) is 141 cm³/mol. The second kappa shape index (κ2) is 9.84. The monoisotopic (exact) mass is 486 g/mol. The first-order chi connectivity index (χ1) is 16.6. The van der Waals surface area contributed by atoms with Crippen molar-refractivity contribution >= 4 is 40.3 Å². The van der Waals surface area contributed by atoms with Crippen LogP contribution in [0.2, 0.25) is 10.0 Å².